The topological polar surface area (TPSA) is 30.1 Å². The summed E-state index contributed by atoms with van der Waals surface area (Å²) < 4.78 is 8.31. The molecule has 1 aliphatic rings. The molecular formula is C29H28N2O. The van der Waals surface area contributed by atoms with Gasteiger partial charge in [0, 0.05) is 46.7 Å². The molecule has 3 nitrogen and oxygen atoms in total. The molecule has 2 heterocycles. The van der Waals surface area contributed by atoms with Crippen LogP contribution in [-0.2, 0) is 13.5 Å². The number of para-hydroxylation sites is 2. The Morgan fingerprint density at radius 3 is 2.81 bits per heavy atom. The number of benzene rings is 2. The van der Waals surface area contributed by atoms with Gasteiger partial charge in [-0.15, -0.1) is 0 Å². The van der Waals surface area contributed by atoms with Gasteiger partial charge in [0.1, 0.15) is 11.2 Å². The molecule has 4 aromatic rings. The van der Waals surface area contributed by atoms with Gasteiger partial charge in [-0.05, 0) is 56.0 Å². The van der Waals surface area contributed by atoms with Gasteiger partial charge in [0.25, 0.3) is 0 Å². The third kappa shape index (κ3) is 3.94. The maximum Gasteiger partial charge on any atom is 0.138 e. The molecule has 3 heteroatoms. The minimum absolute atomic E-state index is 0.834. The van der Waals surface area contributed by atoms with Crippen molar-refractivity contribution >= 4 is 27.5 Å². The summed E-state index contributed by atoms with van der Waals surface area (Å²) in [7, 11) is 2.09. The van der Waals surface area contributed by atoms with Crippen LogP contribution in [0.5, 0.6) is 0 Å². The van der Waals surface area contributed by atoms with E-state index in [2.05, 4.69) is 103 Å². The van der Waals surface area contributed by atoms with Crippen LogP contribution >= 0.6 is 0 Å². The second-order valence-corrected chi connectivity index (χ2v) is 8.34. The van der Waals surface area contributed by atoms with Crippen LogP contribution < -0.4 is 5.32 Å². The minimum Gasteiger partial charge on any atom is -0.456 e. The Balaban J connectivity index is 1.32. The summed E-state index contributed by atoms with van der Waals surface area (Å²) in [5.41, 5.74) is 8.08. The average molecular weight is 421 g/mol. The number of hydrogen-bond acceptors (Lipinski definition) is 2. The summed E-state index contributed by atoms with van der Waals surface area (Å²) >= 11 is 0. The lowest BCUT2D eigenvalue weighted by atomic mass is 10.00. The van der Waals surface area contributed by atoms with Crippen LogP contribution in [0.15, 0.2) is 107 Å². The van der Waals surface area contributed by atoms with E-state index in [1.807, 2.05) is 12.1 Å². The van der Waals surface area contributed by atoms with Crippen molar-refractivity contribution in [1.82, 2.24) is 9.88 Å². The zero-order valence-electron chi connectivity index (χ0n) is 18.6. The lowest BCUT2D eigenvalue weighted by Gasteiger charge is -2.19. The number of hydrogen-bond donors (Lipinski definition) is 1. The molecule has 0 saturated carbocycles. The normalized spacial score (nSPS) is 14.9. The fraction of sp³-hybridized carbons (Fsp3) is 0.172. The number of nitrogens with zero attached hydrogens (tertiary/aromatic N) is 1. The minimum atomic E-state index is 0.834. The van der Waals surface area contributed by atoms with E-state index in [9.17, 15) is 0 Å². The number of fused-ring (bicyclic) bond motifs is 3. The number of nitrogens with one attached hydrogen (secondary N) is 1. The van der Waals surface area contributed by atoms with Gasteiger partial charge in [-0.2, -0.15) is 0 Å². The van der Waals surface area contributed by atoms with Crippen molar-refractivity contribution in [2.24, 2.45) is 7.05 Å². The molecule has 2 aromatic heterocycles. The molecule has 0 unspecified atom stereocenters. The van der Waals surface area contributed by atoms with Crippen molar-refractivity contribution in [2.75, 3.05) is 0 Å². The van der Waals surface area contributed by atoms with E-state index in [1.54, 1.807) is 0 Å². The van der Waals surface area contributed by atoms with Gasteiger partial charge in [0.05, 0.1) is 0 Å². The number of aromatic nitrogens is 1. The van der Waals surface area contributed by atoms with E-state index in [1.165, 1.54) is 33.3 Å². The molecule has 0 amide bonds. The number of furan rings is 1. The summed E-state index contributed by atoms with van der Waals surface area (Å²) in [4.78, 5) is 0. The summed E-state index contributed by atoms with van der Waals surface area (Å²) in [6.07, 6.45) is 16.0. The first-order chi connectivity index (χ1) is 15.7. The zero-order valence-corrected chi connectivity index (χ0v) is 18.6. The van der Waals surface area contributed by atoms with E-state index >= 15 is 0 Å². The van der Waals surface area contributed by atoms with E-state index in [4.69, 9.17) is 4.42 Å². The van der Waals surface area contributed by atoms with E-state index < -0.39 is 0 Å². The predicted molar refractivity (Wildman–Crippen MR) is 134 cm³/mol. The highest BCUT2D eigenvalue weighted by atomic mass is 16.3. The average Bonchev–Trinajstić information content (AvgIpc) is 3.41. The molecule has 0 bridgehead atoms. The first kappa shape index (κ1) is 20.2. The van der Waals surface area contributed by atoms with Crippen molar-refractivity contribution in [1.29, 1.82) is 0 Å². The largest absolute Gasteiger partial charge is 0.456 e. The lowest BCUT2D eigenvalue weighted by molar-refractivity contribution is 0.664. The Morgan fingerprint density at radius 1 is 1.06 bits per heavy atom. The lowest BCUT2D eigenvalue weighted by Crippen LogP contribution is -2.14. The van der Waals surface area contributed by atoms with Crippen LogP contribution in [-0.4, -0.2) is 4.57 Å². The Labute approximate surface area is 189 Å². The quantitative estimate of drug-likeness (QED) is 0.332. The second kappa shape index (κ2) is 8.80. The number of allylic oxidation sites excluding steroid dienone is 8. The van der Waals surface area contributed by atoms with Gasteiger partial charge >= 0.3 is 0 Å². The molecule has 1 aliphatic carbocycles. The van der Waals surface area contributed by atoms with Crippen molar-refractivity contribution in [3.8, 4) is 0 Å². The summed E-state index contributed by atoms with van der Waals surface area (Å²) in [6, 6.07) is 18.9. The third-order valence-electron chi connectivity index (χ3n) is 6.04. The maximum atomic E-state index is 6.14. The van der Waals surface area contributed by atoms with Crippen LogP contribution in [0, 0.1) is 0 Å². The Morgan fingerprint density at radius 2 is 1.94 bits per heavy atom. The molecule has 0 fully saturated rings. The molecule has 0 atom stereocenters. The van der Waals surface area contributed by atoms with Gasteiger partial charge in [-0.3, -0.25) is 0 Å². The Bertz CT molecular complexity index is 1390. The van der Waals surface area contributed by atoms with Gasteiger partial charge in [-0.1, -0.05) is 60.7 Å². The second-order valence-electron chi connectivity index (χ2n) is 8.34. The standard InChI is InChI=1S/C29H28N2O/c1-21(30-26-17-7-5-15-25(26)27-18-10-20-31(27)2)11-3-4-12-22-13-9-16-24-23-14-6-8-19-28(23)32-29(22)24/h3-6,8-11,13-16,18-20,30H,7,12,17H2,1-2H3/b4-3-,21-11-. The van der Waals surface area contributed by atoms with Crippen molar-refractivity contribution in [3.05, 3.63) is 114 Å². The fourth-order valence-electron chi connectivity index (χ4n) is 4.43. The van der Waals surface area contributed by atoms with E-state index in [-0.39, 0.29) is 0 Å². The Kier molecular flexibility index (Phi) is 5.55. The highest BCUT2D eigenvalue weighted by Crippen LogP contribution is 2.31. The van der Waals surface area contributed by atoms with Crippen LogP contribution in [0.3, 0.4) is 0 Å². The number of aryl methyl sites for hydroxylation is 1. The van der Waals surface area contributed by atoms with Gasteiger partial charge in [0.15, 0.2) is 0 Å². The first-order valence-electron chi connectivity index (χ1n) is 11.2. The van der Waals surface area contributed by atoms with E-state index in [0.717, 1.165) is 36.1 Å². The molecule has 0 radical (unpaired) electrons. The zero-order chi connectivity index (χ0) is 21.9. The smallest absolute Gasteiger partial charge is 0.138 e. The van der Waals surface area contributed by atoms with Crippen molar-refractivity contribution in [2.45, 2.75) is 26.2 Å². The molecule has 2 aromatic carbocycles. The summed E-state index contributed by atoms with van der Waals surface area (Å²) in [6.45, 7) is 2.12. The molecule has 0 aliphatic heterocycles. The highest BCUT2D eigenvalue weighted by Gasteiger charge is 2.13. The summed E-state index contributed by atoms with van der Waals surface area (Å²) in [5, 5.41) is 6.00. The van der Waals surface area contributed by atoms with Crippen LogP contribution in [0.25, 0.3) is 27.5 Å². The van der Waals surface area contributed by atoms with Crippen molar-refractivity contribution in [3.63, 3.8) is 0 Å². The maximum absolute atomic E-state index is 6.14. The monoisotopic (exact) mass is 420 g/mol. The van der Waals surface area contributed by atoms with Crippen LogP contribution in [0.4, 0.5) is 0 Å². The molecule has 5 rings (SSSR count). The molecule has 32 heavy (non-hydrogen) atoms. The van der Waals surface area contributed by atoms with E-state index in [0.29, 0.717) is 0 Å². The summed E-state index contributed by atoms with van der Waals surface area (Å²) in [5.74, 6) is 0. The molecule has 160 valence electrons. The molecular weight excluding hydrogens is 392 g/mol. The number of rotatable bonds is 6. The van der Waals surface area contributed by atoms with Gasteiger partial charge in [-0.25, -0.2) is 0 Å². The molecule has 0 saturated heterocycles. The molecule has 0 spiro atoms. The highest BCUT2D eigenvalue weighted by molar-refractivity contribution is 6.05. The SMILES string of the molecule is C/C(=C/C=C\Cc1cccc2c1oc1ccccc12)NC1=C(c2cccn2C)C=CCC1. The van der Waals surface area contributed by atoms with Gasteiger partial charge in [0.2, 0.25) is 0 Å². The first-order valence-corrected chi connectivity index (χ1v) is 11.2. The Hall–Kier alpha value is -3.72. The van der Waals surface area contributed by atoms with Crippen LogP contribution in [0.1, 0.15) is 31.0 Å². The van der Waals surface area contributed by atoms with Gasteiger partial charge < -0.3 is 14.3 Å². The fourth-order valence-corrected chi connectivity index (χ4v) is 4.43. The predicted octanol–water partition coefficient (Wildman–Crippen LogP) is 7.28. The molecule has 1 N–H and O–H groups in total. The van der Waals surface area contributed by atoms with Crippen LogP contribution in [0.2, 0.25) is 0 Å². The van der Waals surface area contributed by atoms with Crippen molar-refractivity contribution < 1.29 is 4.42 Å². The third-order valence-corrected chi connectivity index (χ3v) is 6.04.